The highest BCUT2D eigenvalue weighted by Crippen LogP contribution is 2.07. The molecule has 2 amide bonds. The number of hydrogen-bond acceptors (Lipinski definition) is 4. The van der Waals surface area contributed by atoms with Gasteiger partial charge in [-0.1, -0.05) is 6.07 Å². The van der Waals surface area contributed by atoms with Gasteiger partial charge in [0, 0.05) is 25.5 Å². The monoisotopic (exact) mass is 289 g/mol. The molecule has 0 aromatic carbocycles. The maximum Gasteiger partial charge on any atom is 0.261 e. The van der Waals surface area contributed by atoms with Crippen molar-refractivity contribution >= 4 is 23.2 Å². The molecule has 0 spiro atoms. The molecule has 2 aromatic rings. The average Bonchev–Trinajstić information content (AvgIpc) is 3.01. The molecule has 0 aliphatic carbocycles. The second-order valence-electron chi connectivity index (χ2n) is 4.08. The molecular formula is C14H15N3O2S. The van der Waals surface area contributed by atoms with Crippen LogP contribution >= 0.6 is 11.3 Å². The second kappa shape index (κ2) is 7.40. The summed E-state index contributed by atoms with van der Waals surface area (Å²) in [6.45, 7) is 1.04. The van der Waals surface area contributed by atoms with Crippen LogP contribution in [0.15, 0.2) is 42.0 Å². The minimum atomic E-state index is -0.150. The molecule has 6 heteroatoms. The number of nitrogens with zero attached hydrogens (tertiary/aromatic N) is 1. The fourth-order valence-electron chi connectivity index (χ4n) is 1.59. The Hall–Kier alpha value is -2.21. The summed E-state index contributed by atoms with van der Waals surface area (Å²) in [4.78, 5) is 27.9. The topological polar surface area (TPSA) is 71.1 Å². The van der Waals surface area contributed by atoms with Crippen LogP contribution in [-0.2, 0) is 0 Å². The number of nitrogens with one attached hydrogen (secondary N) is 2. The van der Waals surface area contributed by atoms with Crippen LogP contribution in [0.3, 0.4) is 0 Å². The van der Waals surface area contributed by atoms with Crippen molar-refractivity contribution < 1.29 is 9.59 Å². The van der Waals surface area contributed by atoms with E-state index in [-0.39, 0.29) is 11.8 Å². The third-order valence-electron chi connectivity index (χ3n) is 2.59. The molecule has 20 heavy (non-hydrogen) atoms. The van der Waals surface area contributed by atoms with E-state index in [0.717, 1.165) is 0 Å². The van der Waals surface area contributed by atoms with Crippen LogP contribution in [0.4, 0.5) is 0 Å². The lowest BCUT2D eigenvalue weighted by Gasteiger charge is -2.06. The summed E-state index contributed by atoms with van der Waals surface area (Å²) in [6.07, 6.45) is 3.83. The van der Waals surface area contributed by atoms with Crippen LogP contribution < -0.4 is 10.6 Å². The molecular weight excluding hydrogens is 274 g/mol. The first kappa shape index (κ1) is 14.2. The van der Waals surface area contributed by atoms with Gasteiger partial charge < -0.3 is 10.6 Å². The van der Waals surface area contributed by atoms with E-state index in [1.165, 1.54) is 17.5 Å². The van der Waals surface area contributed by atoms with Crippen molar-refractivity contribution in [1.29, 1.82) is 0 Å². The average molecular weight is 289 g/mol. The van der Waals surface area contributed by atoms with Gasteiger partial charge in [-0.05, 0) is 30.0 Å². The number of thiophene rings is 1. The molecule has 5 nitrogen and oxygen atoms in total. The van der Waals surface area contributed by atoms with Gasteiger partial charge in [0.15, 0.2) is 0 Å². The lowest BCUT2D eigenvalue weighted by molar-refractivity contribution is 0.0952. The van der Waals surface area contributed by atoms with Crippen LogP contribution in [0.2, 0.25) is 0 Å². The Bertz CT molecular complexity index is 555. The van der Waals surface area contributed by atoms with E-state index in [4.69, 9.17) is 0 Å². The van der Waals surface area contributed by atoms with Gasteiger partial charge in [-0.15, -0.1) is 11.3 Å². The first-order chi connectivity index (χ1) is 9.77. The summed E-state index contributed by atoms with van der Waals surface area (Å²) in [7, 11) is 0. The van der Waals surface area contributed by atoms with Crippen molar-refractivity contribution in [2.45, 2.75) is 6.42 Å². The van der Waals surface area contributed by atoms with E-state index in [0.29, 0.717) is 30.0 Å². The molecule has 2 N–H and O–H groups in total. The number of carbonyl (C=O) groups is 2. The van der Waals surface area contributed by atoms with Crippen LogP contribution in [-0.4, -0.2) is 29.9 Å². The van der Waals surface area contributed by atoms with E-state index < -0.39 is 0 Å². The number of pyridine rings is 1. The van der Waals surface area contributed by atoms with Crippen molar-refractivity contribution in [3.8, 4) is 0 Å². The van der Waals surface area contributed by atoms with E-state index in [2.05, 4.69) is 15.6 Å². The molecule has 0 aliphatic rings. The van der Waals surface area contributed by atoms with Crippen LogP contribution in [0, 0.1) is 0 Å². The zero-order valence-electron chi connectivity index (χ0n) is 10.8. The SMILES string of the molecule is O=C(NCCCNC(=O)c1cccs1)c1cccnc1. The van der Waals surface area contributed by atoms with Gasteiger partial charge in [-0.25, -0.2) is 0 Å². The summed E-state index contributed by atoms with van der Waals surface area (Å²) in [5.41, 5.74) is 0.537. The maximum atomic E-state index is 11.7. The Morgan fingerprint density at radius 2 is 1.90 bits per heavy atom. The normalized spacial score (nSPS) is 10.0. The van der Waals surface area contributed by atoms with Gasteiger partial charge in [-0.2, -0.15) is 0 Å². The van der Waals surface area contributed by atoms with E-state index >= 15 is 0 Å². The molecule has 0 bridgehead atoms. The summed E-state index contributed by atoms with van der Waals surface area (Å²) >= 11 is 1.41. The largest absolute Gasteiger partial charge is 0.352 e. The highest BCUT2D eigenvalue weighted by molar-refractivity contribution is 7.12. The highest BCUT2D eigenvalue weighted by atomic mass is 32.1. The molecule has 0 saturated heterocycles. The van der Waals surface area contributed by atoms with Gasteiger partial charge in [0.1, 0.15) is 0 Å². The van der Waals surface area contributed by atoms with Gasteiger partial charge >= 0.3 is 0 Å². The molecule has 0 aliphatic heterocycles. The minimum absolute atomic E-state index is 0.0708. The lowest BCUT2D eigenvalue weighted by Crippen LogP contribution is -2.29. The predicted octanol–water partition coefficient (Wildman–Crippen LogP) is 1.69. The zero-order chi connectivity index (χ0) is 14.2. The summed E-state index contributed by atoms with van der Waals surface area (Å²) in [5.74, 6) is -0.221. The molecule has 0 atom stereocenters. The Labute approximate surface area is 121 Å². The van der Waals surface area contributed by atoms with Gasteiger partial charge in [0.05, 0.1) is 10.4 Å². The van der Waals surface area contributed by atoms with E-state index in [1.54, 1.807) is 24.4 Å². The lowest BCUT2D eigenvalue weighted by atomic mass is 10.2. The van der Waals surface area contributed by atoms with Crippen molar-refractivity contribution in [1.82, 2.24) is 15.6 Å². The molecule has 0 saturated carbocycles. The fourth-order valence-corrected chi connectivity index (χ4v) is 2.23. The first-order valence-corrected chi connectivity index (χ1v) is 7.15. The van der Waals surface area contributed by atoms with Crippen LogP contribution in [0.25, 0.3) is 0 Å². The molecule has 104 valence electrons. The Morgan fingerprint density at radius 3 is 2.55 bits per heavy atom. The fraction of sp³-hybridized carbons (Fsp3) is 0.214. The minimum Gasteiger partial charge on any atom is -0.352 e. The molecule has 2 heterocycles. The smallest absolute Gasteiger partial charge is 0.261 e. The summed E-state index contributed by atoms with van der Waals surface area (Å²) in [6, 6.07) is 7.05. The third-order valence-corrected chi connectivity index (χ3v) is 3.46. The zero-order valence-corrected chi connectivity index (χ0v) is 11.7. The molecule has 0 fully saturated rings. The van der Waals surface area contributed by atoms with Gasteiger partial charge in [0.25, 0.3) is 11.8 Å². The van der Waals surface area contributed by atoms with Crippen LogP contribution in [0.5, 0.6) is 0 Å². The maximum absolute atomic E-state index is 11.7. The van der Waals surface area contributed by atoms with Crippen molar-refractivity contribution in [3.05, 3.63) is 52.5 Å². The van der Waals surface area contributed by atoms with Crippen molar-refractivity contribution in [2.75, 3.05) is 13.1 Å². The van der Waals surface area contributed by atoms with E-state index in [9.17, 15) is 9.59 Å². The quantitative estimate of drug-likeness (QED) is 0.795. The van der Waals surface area contributed by atoms with Crippen molar-refractivity contribution in [3.63, 3.8) is 0 Å². The third kappa shape index (κ3) is 4.17. The van der Waals surface area contributed by atoms with Crippen LogP contribution in [0.1, 0.15) is 26.5 Å². The predicted molar refractivity (Wildman–Crippen MR) is 77.8 cm³/mol. The number of hydrogen-bond donors (Lipinski definition) is 2. The number of amides is 2. The standard InChI is InChI=1S/C14H15N3O2S/c18-13(11-4-1-6-15-10-11)16-7-3-8-17-14(19)12-5-2-9-20-12/h1-2,4-6,9-10H,3,7-8H2,(H,16,18)(H,17,19). The Balaban J connectivity index is 1.62. The molecule has 0 unspecified atom stereocenters. The highest BCUT2D eigenvalue weighted by Gasteiger charge is 2.06. The molecule has 2 aromatic heterocycles. The van der Waals surface area contributed by atoms with Gasteiger partial charge in [-0.3, -0.25) is 14.6 Å². The molecule has 0 radical (unpaired) electrons. The summed E-state index contributed by atoms with van der Waals surface area (Å²) in [5, 5.41) is 7.45. The number of rotatable bonds is 6. The van der Waals surface area contributed by atoms with Gasteiger partial charge in [0.2, 0.25) is 0 Å². The van der Waals surface area contributed by atoms with Crippen molar-refractivity contribution in [2.24, 2.45) is 0 Å². The number of aromatic nitrogens is 1. The Kier molecular flexibility index (Phi) is 5.25. The first-order valence-electron chi connectivity index (χ1n) is 6.27. The second-order valence-corrected chi connectivity index (χ2v) is 5.03. The Morgan fingerprint density at radius 1 is 1.10 bits per heavy atom. The van der Waals surface area contributed by atoms with E-state index in [1.807, 2.05) is 11.4 Å². The number of carbonyl (C=O) groups excluding carboxylic acids is 2. The summed E-state index contributed by atoms with van der Waals surface area (Å²) < 4.78 is 0. The molecule has 2 rings (SSSR count).